The van der Waals surface area contributed by atoms with E-state index in [1.165, 1.54) is 103 Å². The van der Waals surface area contributed by atoms with Gasteiger partial charge in [0.1, 0.15) is 13.2 Å². The van der Waals surface area contributed by atoms with Gasteiger partial charge in [0.25, 0.3) is 0 Å². The Morgan fingerprint density at radius 2 is 0.520 bits per heavy atom. The van der Waals surface area contributed by atoms with Gasteiger partial charge in [-0.1, -0.05) is 264 Å². The third-order valence-electron chi connectivity index (χ3n) is 13.0. The van der Waals surface area contributed by atoms with E-state index in [2.05, 4.69) is 142 Å². The van der Waals surface area contributed by atoms with Crippen molar-refractivity contribution in [2.24, 2.45) is 0 Å². The lowest BCUT2D eigenvalue weighted by Gasteiger charge is -2.18. The second kappa shape index (κ2) is 62.4. The molecule has 75 heavy (non-hydrogen) atoms. The van der Waals surface area contributed by atoms with Gasteiger partial charge in [-0.05, 0) is 116 Å². The van der Waals surface area contributed by atoms with Crippen LogP contribution in [-0.2, 0) is 28.6 Å². The number of hydrogen-bond acceptors (Lipinski definition) is 6. The molecule has 0 aliphatic carbocycles. The highest BCUT2D eigenvalue weighted by Crippen LogP contribution is 2.14. The van der Waals surface area contributed by atoms with Crippen molar-refractivity contribution in [2.45, 2.75) is 284 Å². The van der Waals surface area contributed by atoms with Crippen molar-refractivity contribution in [1.82, 2.24) is 0 Å². The Morgan fingerprint density at radius 1 is 0.280 bits per heavy atom. The Morgan fingerprint density at radius 3 is 0.827 bits per heavy atom. The van der Waals surface area contributed by atoms with Crippen molar-refractivity contribution in [3.8, 4) is 0 Å². The Balaban J connectivity index is 4.16. The summed E-state index contributed by atoms with van der Waals surface area (Å²) >= 11 is 0. The molecule has 0 aliphatic rings. The van der Waals surface area contributed by atoms with E-state index in [9.17, 15) is 14.4 Å². The predicted octanol–water partition coefficient (Wildman–Crippen LogP) is 21.2. The van der Waals surface area contributed by atoms with E-state index in [1.807, 2.05) is 0 Å². The summed E-state index contributed by atoms with van der Waals surface area (Å²) in [5.74, 6) is -0.908. The van der Waals surface area contributed by atoms with Crippen LogP contribution in [0.5, 0.6) is 0 Å². The van der Waals surface area contributed by atoms with Gasteiger partial charge in [-0.25, -0.2) is 0 Å². The third-order valence-corrected chi connectivity index (χ3v) is 13.0. The second-order valence-corrected chi connectivity index (χ2v) is 20.2. The Hall–Kier alpha value is -4.19. The molecule has 0 aromatic heterocycles. The number of esters is 3. The number of hydrogen-bond donors (Lipinski definition) is 0. The normalized spacial score (nSPS) is 12.9. The van der Waals surface area contributed by atoms with Crippen LogP contribution in [-0.4, -0.2) is 37.2 Å². The molecule has 0 saturated carbocycles. The summed E-state index contributed by atoms with van der Waals surface area (Å²) in [5, 5.41) is 0. The first-order chi connectivity index (χ1) is 37.0. The second-order valence-electron chi connectivity index (χ2n) is 20.2. The monoisotopic (exact) mass is 1040 g/mol. The Bertz CT molecular complexity index is 1570. The first-order valence-electron chi connectivity index (χ1n) is 31.0. The summed E-state index contributed by atoms with van der Waals surface area (Å²) < 4.78 is 16.8. The zero-order valence-corrected chi connectivity index (χ0v) is 48.8. The topological polar surface area (TPSA) is 78.9 Å². The van der Waals surface area contributed by atoms with Crippen LogP contribution in [0.15, 0.2) is 122 Å². The van der Waals surface area contributed by atoms with Crippen LogP contribution < -0.4 is 0 Å². The quantitative estimate of drug-likeness (QED) is 0.0261. The Kier molecular flexibility index (Phi) is 58.9. The predicted molar refractivity (Wildman–Crippen MR) is 325 cm³/mol. The first kappa shape index (κ1) is 70.8. The smallest absolute Gasteiger partial charge is 0.306 e. The fourth-order valence-corrected chi connectivity index (χ4v) is 8.31. The average Bonchev–Trinajstić information content (AvgIpc) is 3.41. The molecule has 1 atom stereocenters. The molecule has 0 aromatic carbocycles. The number of rotatable bonds is 55. The van der Waals surface area contributed by atoms with Gasteiger partial charge in [0.2, 0.25) is 0 Å². The van der Waals surface area contributed by atoms with Gasteiger partial charge in [-0.15, -0.1) is 0 Å². The van der Waals surface area contributed by atoms with E-state index in [-0.39, 0.29) is 31.1 Å². The van der Waals surface area contributed by atoms with Crippen molar-refractivity contribution in [3.63, 3.8) is 0 Å². The maximum absolute atomic E-state index is 12.8. The maximum atomic E-state index is 12.8. The summed E-state index contributed by atoms with van der Waals surface area (Å²) in [6, 6.07) is 0. The summed E-state index contributed by atoms with van der Waals surface area (Å²) in [6.45, 7) is 6.47. The molecule has 0 aliphatic heterocycles. The number of allylic oxidation sites excluding steroid dienone is 20. The van der Waals surface area contributed by atoms with Crippen molar-refractivity contribution < 1.29 is 28.6 Å². The molecular formula is C69H114O6. The SMILES string of the molecule is CC/C=C\C/C=C\C/C=C\C/C=C\C/C=C\C/C=C\C/C=C\C/C=C\C/C=C\CCCCCCCCCC(=O)OCC(COC(=O)CCCCCCCCCC)OC(=O)CCCCCCC/C=C\CCCCCCC. The third kappa shape index (κ3) is 60.6. The number of carbonyl (C=O) groups is 3. The maximum Gasteiger partial charge on any atom is 0.306 e. The largest absolute Gasteiger partial charge is 0.462 e. The molecule has 6 nitrogen and oxygen atoms in total. The lowest BCUT2D eigenvalue weighted by Crippen LogP contribution is -2.30. The highest BCUT2D eigenvalue weighted by Gasteiger charge is 2.19. The van der Waals surface area contributed by atoms with Crippen LogP contribution in [0.3, 0.4) is 0 Å². The number of carbonyl (C=O) groups excluding carboxylic acids is 3. The van der Waals surface area contributed by atoms with E-state index in [0.29, 0.717) is 19.3 Å². The van der Waals surface area contributed by atoms with Gasteiger partial charge >= 0.3 is 17.9 Å². The summed E-state index contributed by atoms with van der Waals surface area (Å²) in [7, 11) is 0. The molecule has 0 rings (SSSR count). The van der Waals surface area contributed by atoms with E-state index in [1.54, 1.807) is 0 Å². The molecule has 0 aromatic rings. The highest BCUT2D eigenvalue weighted by molar-refractivity contribution is 5.71. The number of unbranched alkanes of at least 4 members (excludes halogenated alkanes) is 24. The summed E-state index contributed by atoms with van der Waals surface area (Å²) in [5.41, 5.74) is 0. The van der Waals surface area contributed by atoms with Gasteiger partial charge in [-0.2, -0.15) is 0 Å². The van der Waals surface area contributed by atoms with Crippen LogP contribution >= 0.6 is 0 Å². The fraction of sp³-hybridized carbons (Fsp3) is 0.667. The van der Waals surface area contributed by atoms with Crippen molar-refractivity contribution in [3.05, 3.63) is 122 Å². The standard InChI is InChI=1S/C69H114O6/c1-4-7-10-13-16-19-21-23-25-26-27-28-29-30-31-32-33-34-35-36-37-38-39-40-41-42-43-44-45-47-48-50-53-56-59-62-68(71)74-65-66(64-73-67(70)61-58-55-52-18-15-12-9-6-3)75-69(72)63-60-57-54-51-49-46-24-22-20-17-14-11-8-5-2/h7,10,16,19,22-25,27-28,30-31,33-34,36-37,39-40,42-43,66H,4-6,8-9,11-15,17-18,20-21,26,29,32,35,38,41,44-65H2,1-3H3/b10-7-,19-16-,24-22-,25-23-,28-27-,31-30-,34-33-,37-36-,40-39-,43-42-. The van der Waals surface area contributed by atoms with Crippen molar-refractivity contribution in [2.75, 3.05) is 13.2 Å². The van der Waals surface area contributed by atoms with Gasteiger partial charge in [-0.3, -0.25) is 14.4 Å². The van der Waals surface area contributed by atoms with Crippen molar-refractivity contribution >= 4 is 17.9 Å². The minimum absolute atomic E-state index is 0.0842. The average molecular weight is 1040 g/mol. The first-order valence-corrected chi connectivity index (χ1v) is 31.0. The van der Waals surface area contributed by atoms with Crippen LogP contribution in [0.4, 0.5) is 0 Å². The summed E-state index contributed by atoms with van der Waals surface area (Å²) in [6.07, 6.45) is 86.5. The van der Waals surface area contributed by atoms with E-state index >= 15 is 0 Å². The number of ether oxygens (including phenoxy) is 3. The molecule has 0 amide bonds. The van der Waals surface area contributed by atoms with Gasteiger partial charge in [0.05, 0.1) is 0 Å². The molecule has 0 fully saturated rings. The zero-order chi connectivity index (χ0) is 54.3. The summed E-state index contributed by atoms with van der Waals surface area (Å²) in [4.78, 5) is 38.0. The molecule has 0 heterocycles. The lowest BCUT2D eigenvalue weighted by atomic mass is 10.1. The van der Waals surface area contributed by atoms with Crippen LogP contribution in [0, 0.1) is 0 Å². The fourth-order valence-electron chi connectivity index (χ4n) is 8.31. The van der Waals surface area contributed by atoms with Crippen LogP contribution in [0.25, 0.3) is 0 Å². The molecule has 0 N–H and O–H groups in total. The highest BCUT2D eigenvalue weighted by atomic mass is 16.6. The van der Waals surface area contributed by atoms with E-state index in [0.717, 1.165) is 135 Å². The molecule has 0 spiro atoms. The van der Waals surface area contributed by atoms with Crippen molar-refractivity contribution in [1.29, 1.82) is 0 Å². The van der Waals surface area contributed by atoms with Crippen LogP contribution in [0.2, 0.25) is 0 Å². The van der Waals surface area contributed by atoms with E-state index < -0.39 is 6.10 Å². The molecule has 6 heteroatoms. The van der Waals surface area contributed by atoms with E-state index in [4.69, 9.17) is 14.2 Å². The van der Waals surface area contributed by atoms with Gasteiger partial charge < -0.3 is 14.2 Å². The van der Waals surface area contributed by atoms with Gasteiger partial charge in [0.15, 0.2) is 6.10 Å². The van der Waals surface area contributed by atoms with Crippen LogP contribution in [0.1, 0.15) is 278 Å². The minimum Gasteiger partial charge on any atom is -0.462 e. The van der Waals surface area contributed by atoms with Gasteiger partial charge in [0, 0.05) is 19.3 Å². The lowest BCUT2D eigenvalue weighted by molar-refractivity contribution is -0.167. The zero-order valence-electron chi connectivity index (χ0n) is 48.8. The molecule has 0 radical (unpaired) electrons. The minimum atomic E-state index is -0.785. The molecule has 1 unspecified atom stereocenters. The molecule has 426 valence electrons. The Labute approximate surface area is 462 Å². The molecule has 0 saturated heterocycles. The molecule has 0 bridgehead atoms. The molecular weight excluding hydrogens is 925 g/mol.